The first-order chi connectivity index (χ1) is 13.2. The van der Waals surface area contributed by atoms with Crippen LogP contribution in [0.25, 0.3) is 0 Å². The van der Waals surface area contributed by atoms with Crippen LogP contribution in [0.4, 0.5) is 11.8 Å². The second-order valence-electron chi connectivity index (χ2n) is 7.36. The second-order valence-corrected chi connectivity index (χ2v) is 7.80. The topological polar surface area (TPSA) is 68.9 Å². The van der Waals surface area contributed by atoms with E-state index >= 15 is 0 Å². The van der Waals surface area contributed by atoms with Crippen LogP contribution >= 0.6 is 11.6 Å². The van der Waals surface area contributed by atoms with E-state index in [1.54, 1.807) is 24.7 Å². The van der Waals surface area contributed by atoms with E-state index in [2.05, 4.69) is 30.8 Å². The number of nitrogens with zero attached hydrogens (tertiary/aromatic N) is 6. The molecule has 0 unspecified atom stereocenters. The van der Waals surface area contributed by atoms with Gasteiger partial charge in [-0.1, -0.05) is 11.6 Å². The zero-order chi connectivity index (χ0) is 18.6. The van der Waals surface area contributed by atoms with Gasteiger partial charge in [-0.25, -0.2) is 15.0 Å². The lowest BCUT2D eigenvalue weighted by Crippen LogP contribution is -2.41. The molecule has 7 heteroatoms. The Morgan fingerprint density at radius 2 is 1.52 bits per heavy atom. The molecule has 2 fully saturated rings. The van der Waals surface area contributed by atoms with E-state index < -0.39 is 0 Å². The molecule has 0 N–H and O–H groups in total. The Bertz CT molecular complexity index is 802. The first-order valence-electron chi connectivity index (χ1n) is 9.56. The van der Waals surface area contributed by atoms with Gasteiger partial charge in [0.2, 0.25) is 5.95 Å². The fraction of sp³-hybridized carbons (Fsp3) is 0.500. The van der Waals surface area contributed by atoms with Gasteiger partial charge in [0.15, 0.2) is 0 Å². The number of nitriles is 1. The lowest BCUT2D eigenvalue weighted by molar-refractivity contribution is 0.232. The Morgan fingerprint density at radius 1 is 0.926 bits per heavy atom. The van der Waals surface area contributed by atoms with Gasteiger partial charge in [-0.15, -0.1) is 0 Å². The summed E-state index contributed by atoms with van der Waals surface area (Å²) in [5.41, 5.74) is 0.680. The summed E-state index contributed by atoms with van der Waals surface area (Å²) in [4.78, 5) is 17.7. The van der Waals surface area contributed by atoms with Gasteiger partial charge in [-0.2, -0.15) is 5.26 Å². The predicted octanol–water partition coefficient (Wildman–Crippen LogP) is 3.53. The zero-order valence-corrected chi connectivity index (χ0v) is 16.0. The third kappa shape index (κ3) is 4.14. The molecule has 27 heavy (non-hydrogen) atoms. The standard InChI is InChI=1S/C20H23ClN6/c21-18-13-24-20(25-14-18)27-9-4-17(5-10-27)16-2-7-26(8-3-16)19-11-15(12-22)1-6-23-19/h1,6,11,13-14,16-17H,2-5,7-10H2. The molecule has 2 aliphatic rings. The zero-order valence-electron chi connectivity index (χ0n) is 15.3. The van der Waals surface area contributed by atoms with Gasteiger partial charge in [-0.05, 0) is 49.7 Å². The highest BCUT2D eigenvalue weighted by Gasteiger charge is 2.30. The Kier molecular flexibility index (Phi) is 5.40. The summed E-state index contributed by atoms with van der Waals surface area (Å²) >= 11 is 5.88. The van der Waals surface area contributed by atoms with Gasteiger partial charge < -0.3 is 9.80 Å². The number of pyridine rings is 1. The molecule has 6 nitrogen and oxygen atoms in total. The molecule has 2 aliphatic heterocycles. The Morgan fingerprint density at radius 3 is 2.11 bits per heavy atom. The Hall–Kier alpha value is -2.39. The molecular formula is C20H23ClN6. The van der Waals surface area contributed by atoms with E-state index in [1.165, 1.54) is 25.7 Å². The SMILES string of the molecule is N#Cc1ccnc(N2CCC(C3CCN(c4ncc(Cl)cn4)CC3)CC2)c1. The molecule has 2 aromatic rings. The summed E-state index contributed by atoms with van der Waals surface area (Å²) < 4.78 is 0. The van der Waals surface area contributed by atoms with E-state index in [-0.39, 0.29) is 0 Å². The maximum Gasteiger partial charge on any atom is 0.225 e. The van der Waals surface area contributed by atoms with Crippen molar-refractivity contribution in [1.82, 2.24) is 15.0 Å². The number of anilines is 2. The van der Waals surface area contributed by atoms with Crippen molar-refractivity contribution in [3.05, 3.63) is 41.3 Å². The predicted molar refractivity (Wildman–Crippen MR) is 106 cm³/mol. The highest BCUT2D eigenvalue weighted by molar-refractivity contribution is 6.30. The molecule has 0 amide bonds. The molecule has 4 heterocycles. The van der Waals surface area contributed by atoms with Crippen LogP contribution < -0.4 is 9.80 Å². The number of piperidine rings is 2. The largest absolute Gasteiger partial charge is 0.357 e. The van der Waals surface area contributed by atoms with Crippen molar-refractivity contribution in [1.29, 1.82) is 5.26 Å². The first-order valence-corrected chi connectivity index (χ1v) is 9.94. The molecule has 0 aliphatic carbocycles. The fourth-order valence-electron chi connectivity index (χ4n) is 4.30. The molecule has 140 valence electrons. The quantitative estimate of drug-likeness (QED) is 0.808. The molecule has 2 saturated heterocycles. The summed E-state index contributed by atoms with van der Waals surface area (Å²) in [5, 5.41) is 9.65. The lowest BCUT2D eigenvalue weighted by Gasteiger charge is -2.40. The van der Waals surface area contributed by atoms with E-state index in [0.29, 0.717) is 10.6 Å². The van der Waals surface area contributed by atoms with Crippen molar-refractivity contribution in [3.63, 3.8) is 0 Å². The second kappa shape index (κ2) is 8.10. The summed E-state index contributed by atoms with van der Waals surface area (Å²) in [7, 11) is 0. The maximum absolute atomic E-state index is 9.07. The average molecular weight is 383 g/mol. The van der Waals surface area contributed by atoms with Crippen LogP contribution in [0.5, 0.6) is 0 Å². The molecule has 0 bridgehead atoms. The van der Waals surface area contributed by atoms with E-state index in [4.69, 9.17) is 16.9 Å². The normalized spacial score (nSPS) is 19.1. The van der Waals surface area contributed by atoms with Crippen molar-refractivity contribution in [3.8, 4) is 6.07 Å². The van der Waals surface area contributed by atoms with Gasteiger partial charge in [0, 0.05) is 32.4 Å². The first kappa shape index (κ1) is 18.0. The van der Waals surface area contributed by atoms with Crippen LogP contribution in [0.1, 0.15) is 31.2 Å². The van der Waals surface area contributed by atoms with Crippen LogP contribution in [-0.4, -0.2) is 41.1 Å². The summed E-state index contributed by atoms with van der Waals surface area (Å²) in [6.45, 7) is 4.07. The van der Waals surface area contributed by atoms with Gasteiger partial charge in [-0.3, -0.25) is 0 Å². The molecule has 4 rings (SSSR count). The van der Waals surface area contributed by atoms with Crippen molar-refractivity contribution in [2.24, 2.45) is 11.8 Å². The van der Waals surface area contributed by atoms with E-state index in [0.717, 1.165) is 49.8 Å². The minimum Gasteiger partial charge on any atom is -0.357 e. The highest BCUT2D eigenvalue weighted by atomic mass is 35.5. The van der Waals surface area contributed by atoms with Crippen molar-refractivity contribution in [2.45, 2.75) is 25.7 Å². The Labute approximate surface area is 164 Å². The fourth-order valence-corrected chi connectivity index (χ4v) is 4.40. The number of rotatable bonds is 3. The average Bonchev–Trinajstić information content (AvgIpc) is 2.75. The third-order valence-electron chi connectivity index (χ3n) is 5.83. The van der Waals surface area contributed by atoms with E-state index in [1.807, 2.05) is 6.07 Å². The smallest absolute Gasteiger partial charge is 0.225 e. The van der Waals surface area contributed by atoms with Crippen molar-refractivity contribution in [2.75, 3.05) is 36.0 Å². The molecule has 0 atom stereocenters. The number of hydrogen-bond acceptors (Lipinski definition) is 6. The minimum atomic E-state index is 0.579. The van der Waals surface area contributed by atoms with E-state index in [9.17, 15) is 0 Å². The van der Waals surface area contributed by atoms with Crippen LogP contribution in [-0.2, 0) is 0 Å². The molecule has 2 aromatic heterocycles. The molecule has 0 spiro atoms. The van der Waals surface area contributed by atoms with Gasteiger partial charge in [0.25, 0.3) is 0 Å². The highest BCUT2D eigenvalue weighted by Crippen LogP contribution is 2.34. The summed E-state index contributed by atoms with van der Waals surface area (Å²) in [6, 6.07) is 5.85. The lowest BCUT2D eigenvalue weighted by atomic mass is 9.79. The van der Waals surface area contributed by atoms with Gasteiger partial charge in [0.1, 0.15) is 5.82 Å². The maximum atomic E-state index is 9.07. The van der Waals surface area contributed by atoms with Crippen LogP contribution in [0.3, 0.4) is 0 Å². The third-order valence-corrected chi connectivity index (χ3v) is 6.03. The summed E-state index contributed by atoms with van der Waals surface area (Å²) in [6.07, 6.45) is 9.84. The van der Waals surface area contributed by atoms with Gasteiger partial charge >= 0.3 is 0 Å². The van der Waals surface area contributed by atoms with Gasteiger partial charge in [0.05, 0.1) is 29.0 Å². The minimum absolute atomic E-state index is 0.579. The van der Waals surface area contributed by atoms with Crippen molar-refractivity contribution < 1.29 is 0 Å². The number of aromatic nitrogens is 3. The molecule has 0 radical (unpaired) electrons. The molecular weight excluding hydrogens is 360 g/mol. The van der Waals surface area contributed by atoms with Crippen LogP contribution in [0.15, 0.2) is 30.7 Å². The monoisotopic (exact) mass is 382 g/mol. The number of halogens is 1. The van der Waals surface area contributed by atoms with Crippen LogP contribution in [0.2, 0.25) is 5.02 Å². The molecule has 0 aromatic carbocycles. The Balaban J connectivity index is 1.29. The number of hydrogen-bond donors (Lipinski definition) is 0. The molecule has 0 saturated carbocycles. The summed E-state index contributed by atoms with van der Waals surface area (Å²) in [5.74, 6) is 3.26. The van der Waals surface area contributed by atoms with Crippen molar-refractivity contribution >= 4 is 23.4 Å². The van der Waals surface area contributed by atoms with Crippen LogP contribution in [0, 0.1) is 23.2 Å².